The van der Waals surface area contributed by atoms with E-state index in [1.165, 1.54) is 6.42 Å². The molecular weight excluding hydrogens is 382 g/mol. The first kappa shape index (κ1) is 20.3. The van der Waals surface area contributed by atoms with Crippen molar-refractivity contribution in [2.24, 2.45) is 0 Å². The van der Waals surface area contributed by atoms with Crippen LogP contribution in [-0.4, -0.2) is 31.0 Å². The molecule has 4 rings (SSSR count). The van der Waals surface area contributed by atoms with Crippen molar-refractivity contribution in [3.05, 3.63) is 53.6 Å². The van der Waals surface area contributed by atoms with Crippen molar-refractivity contribution in [1.29, 1.82) is 0 Å². The van der Waals surface area contributed by atoms with Crippen molar-refractivity contribution in [2.75, 3.05) is 13.7 Å². The molecule has 0 atom stereocenters. The second kappa shape index (κ2) is 8.78. The smallest absolute Gasteiger partial charge is 0.258 e. The van der Waals surface area contributed by atoms with E-state index in [0.717, 1.165) is 37.0 Å². The van der Waals surface area contributed by atoms with Crippen molar-refractivity contribution in [3.8, 4) is 17.2 Å². The van der Waals surface area contributed by atoms with Gasteiger partial charge < -0.3 is 19.5 Å². The largest absolute Gasteiger partial charge is 0.497 e. The van der Waals surface area contributed by atoms with Crippen LogP contribution in [0.25, 0.3) is 0 Å². The number of rotatable bonds is 6. The summed E-state index contributed by atoms with van der Waals surface area (Å²) in [5.41, 5.74) is 1.19. The third kappa shape index (κ3) is 4.58. The predicted molar refractivity (Wildman–Crippen MR) is 112 cm³/mol. The third-order valence-corrected chi connectivity index (χ3v) is 5.84. The number of methoxy groups -OCH3 is 1. The summed E-state index contributed by atoms with van der Waals surface area (Å²) in [6.07, 6.45) is 5.71. The first-order valence-corrected chi connectivity index (χ1v) is 10.5. The van der Waals surface area contributed by atoms with Gasteiger partial charge in [-0.15, -0.1) is 0 Å². The molecule has 1 fully saturated rings. The van der Waals surface area contributed by atoms with Crippen molar-refractivity contribution < 1.29 is 23.8 Å². The number of fused-ring (bicyclic) bond motifs is 1. The molecule has 158 valence electrons. The molecule has 0 unspecified atom stereocenters. The number of amides is 1. The molecule has 0 radical (unpaired) electrons. The van der Waals surface area contributed by atoms with Gasteiger partial charge in [0.25, 0.3) is 5.91 Å². The highest BCUT2D eigenvalue weighted by Gasteiger charge is 2.41. The summed E-state index contributed by atoms with van der Waals surface area (Å²) in [4.78, 5) is 24.8. The SMILES string of the molecule is COc1ccc(CNC(=O)COc2ccc3c(c2)C(=O)CC2(CCCCC2)O3)cc1. The van der Waals surface area contributed by atoms with E-state index in [-0.39, 0.29) is 23.9 Å². The summed E-state index contributed by atoms with van der Waals surface area (Å²) in [5.74, 6) is 1.75. The molecule has 1 saturated carbocycles. The number of nitrogens with one attached hydrogen (secondary N) is 1. The molecule has 6 heteroatoms. The highest BCUT2D eigenvalue weighted by Crippen LogP contribution is 2.42. The molecule has 2 aromatic rings. The molecule has 1 spiro atoms. The zero-order valence-corrected chi connectivity index (χ0v) is 17.2. The second-order valence-corrected chi connectivity index (χ2v) is 8.02. The van der Waals surface area contributed by atoms with E-state index < -0.39 is 0 Å². The average Bonchev–Trinajstić information content (AvgIpc) is 2.77. The van der Waals surface area contributed by atoms with Crippen molar-refractivity contribution in [2.45, 2.75) is 50.7 Å². The van der Waals surface area contributed by atoms with Crippen LogP contribution < -0.4 is 19.5 Å². The molecule has 1 aliphatic carbocycles. The molecule has 1 N–H and O–H groups in total. The lowest BCUT2D eigenvalue weighted by molar-refractivity contribution is -0.123. The van der Waals surface area contributed by atoms with Crippen LogP contribution in [0.3, 0.4) is 0 Å². The van der Waals surface area contributed by atoms with E-state index in [1.807, 2.05) is 24.3 Å². The molecule has 2 aliphatic rings. The Morgan fingerprint density at radius 1 is 1.07 bits per heavy atom. The van der Waals surface area contributed by atoms with Crippen LogP contribution in [0.1, 0.15) is 54.4 Å². The van der Waals surface area contributed by atoms with E-state index >= 15 is 0 Å². The summed E-state index contributed by atoms with van der Waals surface area (Å²) in [5, 5.41) is 2.82. The van der Waals surface area contributed by atoms with Gasteiger partial charge in [-0.25, -0.2) is 0 Å². The number of carbonyl (C=O) groups is 2. The minimum atomic E-state index is -0.327. The van der Waals surface area contributed by atoms with E-state index in [1.54, 1.807) is 25.3 Å². The summed E-state index contributed by atoms with van der Waals surface area (Å²) in [6.45, 7) is 0.290. The van der Waals surface area contributed by atoms with Gasteiger partial charge in [-0.1, -0.05) is 18.6 Å². The Morgan fingerprint density at radius 3 is 2.53 bits per heavy atom. The van der Waals surface area contributed by atoms with Crippen molar-refractivity contribution >= 4 is 11.7 Å². The molecule has 0 bridgehead atoms. The van der Waals surface area contributed by atoms with Gasteiger partial charge in [0.15, 0.2) is 12.4 Å². The molecule has 30 heavy (non-hydrogen) atoms. The Hall–Kier alpha value is -3.02. The van der Waals surface area contributed by atoms with Gasteiger partial charge in [0.1, 0.15) is 22.8 Å². The Labute approximate surface area is 176 Å². The lowest BCUT2D eigenvalue weighted by atomic mass is 9.78. The lowest BCUT2D eigenvalue weighted by Gasteiger charge is -2.40. The van der Waals surface area contributed by atoms with Gasteiger partial charge in [-0.2, -0.15) is 0 Å². The predicted octanol–water partition coefficient (Wildman–Crippen LogP) is 4.06. The Kier molecular flexibility index (Phi) is 5.93. The Balaban J connectivity index is 1.31. The summed E-state index contributed by atoms with van der Waals surface area (Å²) in [6, 6.07) is 12.7. The van der Waals surface area contributed by atoms with Crippen LogP contribution in [0.15, 0.2) is 42.5 Å². The first-order valence-electron chi connectivity index (χ1n) is 10.5. The van der Waals surface area contributed by atoms with Crippen molar-refractivity contribution in [3.63, 3.8) is 0 Å². The van der Waals surface area contributed by atoms with Gasteiger partial charge in [0, 0.05) is 6.54 Å². The fourth-order valence-electron chi connectivity index (χ4n) is 4.18. The van der Waals surface area contributed by atoms with Gasteiger partial charge >= 0.3 is 0 Å². The Bertz CT molecular complexity index is 916. The maximum absolute atomic E-state index is 12.7. The van der Waals surface area contributed by atoms with E-state index in [4.69, 9.17) is 14.2 Å². The number of hydrogen-bond acceptors (Lipinski definition) is 5. The molecule has 0 saturated heterocycles. The van der Waals surface area contributed by atoms with Crippen LogP contribution in [0.2, 0.25) is 0 Å². The Morgan fingerprint density at radius 2 is 1.80 bits per heavy atom. The average molecular weight is 409 g/mol. The molecule has 0 aromatic heterocycles. The molecule has 2 aromatic carbocycles. The number of Topliss-reactive ketones (excluding diaryl/α,β-unsaturated/α-hetero) is 1. The number of benzene rings is 2. The maximum Gasteiger partial charge on any atom is 0.258 e. The van der Waals surface area contributed by atoms with E-state index in [0.29, 0.717) is 30.0 Å². The molecule has 1 aliphatic heterocycles. The molecule has 6 nitrogen and oxygen atoms in total. The molecular formula is C24H27NO5. The minimum absolute atomic E-state index is 0.0903. The summed E-state index contributed by atoms with van der Waals surface area (Å²) < 4.78 is 17.0. The standard InChI is InChI=1S/C24H27NO5/c1-28-18-7-5-17(6-8-18)15-25-23(27)16-29-19-9-10-22-20(13-19)21(26)14-24(30-22)11-3-2-4-12-24/h5-10,13H,2-4,11-12,14-16H2,1H3,(H,25,27). The van der Waals surface area contributed by atoms with Gasteiger partial charge in [0.05, 0.1) is 19.1 Å². The quantitative estimate of drug-likeness (QED) is 0.779. The highest BCUT2D eigenvalue weighted by molar-refractivity contribution is 6.00. The zero-order valence-electron chi connectivity index (χ0n) is 17.2. The van der Waals surface area contributed by atoms with Gasteiger partial charge in [0.2, 0.25) is 0 Å². The topological polar surface area (TPSA) is 73.9 Å². The first-order chi connectivity index (χ1) is 14.6. The normalized spacial score (nSPS) is 17.0. The van der Waals surface area contributed by atoms with Crippen LogP contribution in [0.5, 0.6) is 17.2 Å². The van der Waals surface area contributed by atoms with E-state index in [2.05, 4.69) is 5.32 Å². The van der Waals surface area contributed by atoms with Crippen LogP contribution in [0, 0.1) is 0 Å². The second-order valence-electron chi connectivity index (χ2n) is 8.02. The fourth-order valence-corrected chi connectivity index (χ4v) is 4.18. The number of ketones is 1. The van der Waals surface area contributed by atoms with Crippen LogP contribution in [0.4, 0.5) is 0 Å². The maximum atomic E-state index is 12.7. The zero-order chi connectivity index (χ0) is 21.0. The number of hydrogen-bond donors (Lipinski definition) is 1. The third-order valence-electron chi connectivity index (χ3n) is 5.84. The highest BCUT2D eigenvalue weighted by atomic mass is 16.5. The van der Waals surface area contributed by atoms with Crippen LogP contribution in [-0.2, 0) is 11.3 Å². The lowest BCUT2D eigenvalue weighted by Crippen LogP contribution is -2.43. The summed E-state index contributed by atoms with van der Waals surface area (Å²) in [7, 11) is 1.61. The summed E-state index contributed by atoms with van der Waals surface area (Å²) >= 11 is 0. The molecule has 1 heterocycles. The van der Waals surface area contributed by atoms with Crippen LogP contribution >= 0.6 is 0 Å². The van der Waals surface area contributed by atoms with Gasteiger partial charge in [-0.05, 0) is 61.6 Å². The monoisotopic (exact) mass is 409 g/mol. The number of ether oxygens (including phenoxy) is 3. The molecule has 1 amide bonds. The van der Waals surface area contributed by atoms with Crippen molar-refractivity contribution in [1.82, 2.24) is 5.32 Å². The van der Waals surface area contributed by atoms with E-state index in [9.17, 15) is 9.59 Å². The minimum Gasteiger partial charge on any atom is -0.497 e. The fraction of sp³-hybridized carbons (Fsp3) is 0.417. The van der Waals surface area contributed by atoms with Gasteiger partial charge in [-0.3, -0.25) is 9.59 Å². The number of carbonyl (C=O) groups excluding carboxylic acids is 2.